The maximum atomic E-state index is 12.9. The number of nitrogens with one attached hydrogen (secondary N) is 1. The summed E-state index contributed by atoms with van der Waals surface area (Å²) in [4.78, 5) is 12.2. The van der Waals surface area contributed by atoms with E-state index in [1.165, 1.54) is 35.4 Å². The van der Waals surface area contributed by atoms with Crippen molar-refractivity contribution in [3.8, 4) is 5.75 Å². The van der Waals surface area contributed by atoms with Crippen LogP contribution in [0.5, 0.6) is 5.75 Å². The van der Waals surface area contributed by atoms with E-state index in [0.717, 1.165) is 5.56 Å². The van der Waals surface area contributed by atoms with Crippen LogP contribution in [-0.4, -0.2) is 12.0 Å². The lowest BCUT2D eigenvalue weighted by molar-refractivity contribution is -0.127. The molecule has 4 heteroatoms. The molecule has 2 unspecified atom stereocenters. The lowest BCUT2D eigenvalue weighted by atomic mass is 10.0. The van der Waals surface area contributed by atoms with E-state index in [-0.39, 0.29) is 17.8 Å². The van der Waals surface area contributed by atoms with Crippen molar-refractivity contribution in [2.75, 3.05) is 0 Å². The molecule has 122 valence electrons. The zero-order chi connectivity index (χ0) is 17.0. The Bertz CT molecular complexity index is 682. The quantitative estimate of drug-likeness (QED) is 0.902. The number of halogens is 1. The Morgan fingerprint density at radius 3 is 2.30 bits per heavy atom. The van der Waals surface area contributed by atoms with E-state index >= 15 is 0 Å². The Balaban J connectivity index is 1.96. The van der Waals surface area contributed by atoms with Gasteiger partial charge in [-0.1, -0.05) is 18.2 Å². The monoisotopic (exact) mass is 315 g/mol. The van der Waals surface area contributed by atoms with E-state index in [1.54, 1.807) is 6.92 Å². The number of hydrogen-bond acceptors (Lipinski definition) is 2. The molecular weight excluding hydrogens is 293 g/mol. The van der Waals surface area contributed by atoms with Gasteiger partial charge in [0.25, 0.3) is 5.91 Å². The summed E-state index contributed by atoms with van der Waals surface area (Å²) in [6, 6.07) is 11.6. The fraction of sp³-hybridized carbons (Fsp3) is 0.316. The molecule has 0 saturated heterocycles. The van der Waals surface area contributed by atoms with Gasteiger partial charge in [0.05, 0.1) is 6.04 Å². The normalized spacial score (nSPS) is 13.3. The van der Waals surface area contributed by atoms with Crippen LogP contribution in [0.1, 0.15) is 36.6 Å². The van der Waals surface area contributed by atoms with Crippen molar-refractivity contribution in [3.63, 3.8) is 0 Å². The Morgan fingerprint density at radius 2 is 1.70 bits per heavy atom. The minimum absolute atomic E-state index is 0.110. The van der Waals surface area contributed by atoms with Crippen molar-refractivity contribution in [1.82, 2.24) is 5.32 Å². The SMILES string of the molecule is Cc1ccc(C(C)NC(=O)C(C)Oc2ccc(F)cc2)cc1C. The van der Waals surface area contributed by atoms with Crippen molar-refractivity contribution in [1.29, 1.82) is 0 Å². The van der Waals surface area contributed by atoms with Crippen LogP contribution in [0.15, 0.2) is 42.5 Å². The Kier molecular flexibility index (Phi) is 5.37. The molecule has 0 radical (unpaired) electrons. The van der Waals surface area contributed by atoms with Crippen molar-refractivity contribution in [2.24, 2.45) is 0 Å². The minimum Gasteiger partial charge on any atom is -0.481 e. The molecule has 0 aromatic heterocycles. The van der Waals surface area contributed by atoms with Gasteiger partial charge in [-0.05, 0) is 68.7 Å². The average Bonchev–Trinajstić information content (AvgIpc) is 2.52. The van der Waals surface area contributed by atoms with Gasteiger partial charge >= 0.3 is 0 Å². The molecule has 3 nitrogen and oxygen atoms in total. The van der Waals surface area contributed by atoms with Crippen LogP contribution in [-0.2, 0) is 4.79 Å². The van der Waals surface area contributed by atoms with Gasteiger partial charge in [0.15, 0.2) is 6.10 Å². The number of benzene rings is 2. The van der Waals surface area contributed by atoms with Gasteiger partial charge < -0.3 is 10.1 Å². The third-order valence-corrected chi connectivity index (χ3v) is 3.89. The van der Waals surface area contributed by atoms with Crippen LogP contribution in [0.4, 0.5) is 4.39 Å². The fourth-order valence-electron chi connectivity index (χ4n) is 2.22. The number of carbonyl (C=O) groups excluding carboxylic acids is 1. The van der Waals surface area contributed by atoms with Crippen molar-refractivity contribution < 1.29 is 13.9 Å². The second-order valence-electron chi connectivity index (χ2n) is 5.79. The molecule has 0 fully saturated rings. The molecule has 0 aliphatic heterocycles. The molecule has 2 rings (SSSR count). The van der Waals surface area contributed by atoms with E-state index in [1.807, 2.05) is 26.0 Å². The smallest absolute Gasteiger partial charge is 0.261 e. The molecule has 0 heterocycles. The van der Waals surface area contributed by atoms with Gasteiger partial charge in [-0.2, -0.15) is 0 Å². The average molecular weight is 315 g/mol. The summed E-state index contributed by atoms with van der Waals surface area (Å²) < 4.78 is 18.4. The molecule has 2 atom stereocenters. The molecule has 0 saturated carbocycles. The molecule has 0 aliphatic rings. The molecule has 0 bridgehead atoms. The lowest BCUT2D eigenvalue weighted by Gasteiger charge is -2.19. The van der Waals surface area contributed by atoms with Gasteiger partial charge in [0.2, 0.25) is 0 Å². The highest BCUT2D eigenvalue weighted by Gasteiger charge is 2.18. The van der Waals surface area contributed by atoms with Crippen molar-refractivity contribution in [2.45, 2.75) is 39.8 Å². The molecule has 2 aromatic rings. The third kappa shape index (κ3) is 4.55. The molecule has 23 heavy (non-hydrogen) atoms. The molecule has 2 aromatic carbocycles. The largest absolute Gasteiger partial charge is 0.481 e. The summed E-state index contributed by atoms with van der Waals surface area (Å²) in [6.07, 6.45) is -0.658. The van der Waals surface area contributed by atoms with Crippen LogP contribution in [0.3, 0.4) is 0 Å². The van der Waals surface area contributed by atoms with Crippen molar-refractivity contribution in [3.05, 3.63) is 65.0 Å². The molecule has 0 aliphatic carbocycles. The highest BCUT2D eigenvalue weighted by atomic mass is 19.1. The van der Waals surface area contributed by atoms with Gasteiger partial charge in [-0.15, -0.1) is 0 Å². The Hall–Kier alpha value is -2.36. The number of rotatable bonds is 5. The molecule has 0 spiro atoms. The number of ether oxygens (including phenoxy) is 1. The van der Waals surface area contributed by atoms with E-state index in [9.17, 15) is 9.18 Å². The first kappa shape index (κ1) is 17.0. The molecular formula is C19H22FNO2. The second-order valence-corrected chi connectivity index (χ2v) is 5.79. The summed E-state index contributed by atoms with van der Waals surface area (Å²) >= 11 is 0. The summed E-state index contributed by atoms with van der Waals surface area (Å²) in [5.41, 5.74) is 3.47. The van der Waals surface area contributed by atoms with Crippen LogP contribution in [0.25, 0.3) is 0 Å². The zero-order valence-electron chi connectivity index (χ0n) is 13.9. The topological polar surface area (TPSA) is 38.3 Å². The van der Waals surface area contributed by atoms with Crippen LogP contribution >= 0.6 is 0 Å². The first-order chi connectivity index (χ1) is 10.9. The van der Waals surface area contributed by atoms with Crippen molar-refractivity contribution >= 4 is 5.91 Å². The van der Waals surface area contributed by atoms with Crippen LogP contribution in [0, 0.1) is 19.7 Å². The van der Waals surface area contributed by atoms with E-state index in [2.05, 4.69) is 18.3 Å². The molecule has 1 amide bonds. The van der Waals surface area contributed by atoms with E-state index in [4.69, 9.17) is 4.74 Å². The highest BCUT2D eigenvalue weighted by molar-refractivity contribution is 5.81. The number of amides is 1. The van der Waals surface area contributed by atoms with Gasteiger partial charge in [0, 0.05) is 0 Å². The zero-order valence-corrected chi connectivity index (χ0v) is 13.9. The Labute approximate surface area is 136 Å². The van der Waals surface area contributed by atoms with E-state index < -0.39 is 6.10 Å². The summed E-state index contributed by atoms with van der Waals surface area (Å²) in [7, 11) is 0. The van der Waals surface area contributed by atoms with E-state index in [0.29, 0.717) is 5.75 Å². The first-order valence-corrected chi connectivity index (χ1v) is 7.66. The number of aryl methyl sites for hydroxylation is 2. The maximum Gasteiger partial charge on any atom is 0.261 e. The predicted octanol–water partition coefficient (Wildman–Crippen LogP) is 4.09. The summed E-state index contributed by atoms with van der Waals surface area (Å²) in [5, 5.41) is 2.94. The fourth-order valence-corrected chi connectivity index (χ4v) is 2.22. The second kappa shape index (κ2) is 7.27. The summed E-state index contributed by atoms with van der Waals surface area (Å²) in [5.74, 6) is -0.0780. The van der Waals surface area contributed by atoms with Crippen LogP contribution < -0.4 is 10.1 Å². The third-order valence-electron chi connectivity index (χ3n) is 3.89. The lowest BCUT2D eigenvalue weighted by Crippen LogP contribution is -2.37. The minimum atomic E-state index is -0.658. The maximum absolute atomic E-state index is 12.9. The summed E-state index contributed by atoms with van der Waals surface area (Å²) in [6.45, 7) is 7.72. The predicted molar refractivity (Wildman–Crippen MR) is 89.0 cm³/mol. The Morgan fingerprint density at radius 1 is 1.04 bits per heavy atom. The standard InChI is InChI=1S/C19H22FNO2/c1-12-5-6-16(11-13(12)2)14(3)21-19(22)15(4)23-18-9-7-17(20)8-10-18/h5-11,14-15H,1-4H3,(H,21,22). The van der Waals surface area contributed by atoms with Crippen LogP contribution in [0.2, 0.25) is 0 Å². The molecule has 1 N–H and O–H groups in total. The van der Waals surface area contributed by atoms with Gasteiger partial charge in [-0.3, -0.25) is 4.79 Å². The number of hydrogen-bond donors (Lipinski definition) is 1. The first-order valence-electron chi connectivity index (χ1n) is 7.66. The number of carbonyl (C=O) groups is 1. The van der Waals surface area contributed by atoms with Gasteiger partial charge in [0.1, 0.15) is 11.6 Å². The van der Waals surface area contributed by atoms with Gasteiger partial charge in [-0.25, -0.2) is 4.39 Å². The highest BCUT2D eigenvalue weighted by Crippen LogP contribution is 2.18.